The van der Waals surface area contributed by atoms with Gasteiger partial charge in [0.05, 0.1) is 12.2 Å². The highest BCUT2D eigenvalue weighted by Gasteiger charge is 2.40. The molecule has 0 saturated carbocycles. The second kappa shape index (κ2) is 5.22. The highest BCUT2D eigenvalue weighted by molar-refractivity contribution is 9.11. The van der Waals surface area contributed by atoms with Crippen molar-refractivity contribution in [2.75, 3.05) is 6.61 Å². The summed E-state index contributed by atoms with van der Waals surface area (Å²) in [7, 11) is -2.12. The van der Waals surface area contributed by atoms with Gasteiger partial charge in [-0.05, 0) is 23.1 Å². The Balaban J connectivity index is 4.58. The molecule has 0 N–H and O–H groups in total. The van der Waals surface area contributed by atoms with Gasteiger partial charge in [-0.25, -0.2) is 0 Å². The maximum absolute atomic E-state index is 12.4. The van der Waals surface area contributed by atoms with Gasteiger partial charge in [-0.2, -0.15) is 13.2 Å². The third kappa shape index (κ3) is 4.59. The van der Waals surface area contributed by atoms with Gasteiger partial charge in [0.15, 0.2) is 8.32 Å². The Bertz CT molecular complexity index is 266. The van der Waals surface area contributed by atoms with E-state index in [2.05, 4.69) is 15.9 Å². The van der Waals surface area contributed by atoms with Gasteiger partial charge in [0.25, 0.3) is 0 Å². The first-order valence-corrected chi connectivity index (χ1v) is 8.74. The molecule has 0 aliphatic heterocycles. The highest BCUT2D eigenvalue weighted by atomic mass is 79.9. The van der Waals surface area contributed by atoms with Gasteiger partial charge >= 0.3 is 6.18 Å². The van der Waals surface area contributed by atoms with Gasteiger partial charge in [0.1, 0.15) is 0 Å². The van der Waals surface area contributed by atoms with Crippen LogP contribution in [-0.2, 0) is 4.43 Å². The summed E-state index contributed by atoms with van der Waals surface area (Å²) in [6, 6.07) is 0. The fraction of sp³-hybridized carbons (Fsp3) is 0.800. The van der Waals surface area contributed by atoms with E-state index in [0.717, 1.165) is 4.99 Å². The Morgan fingerprint density at radius 3 is 1.94 bits per heavy atom. The molecule has 96 valence electrons. The second-order valence-corrected chi connectivity index (χ2v) is 10.4. The van der Waals surface area contributed by atoms with Crippen molar-refractivity contribution in [2.45, 2.75) is 45.1 Å². The van der Waals surface area contributed by atoms with Gasteiger partial charge in [-0.1, -0.05) is 36.7 Å². The third-order valence-electron chi connectivity index (χ3n) is 2.89. The van der Waals surface area contributed by atoms with Crippen LogP contribution in [0.3, 0.4) is 0 Å². The SMILES string of the molecule is CC(C)(C)[Si](C)(C)OC/C(=C\Br)C(F)(F)F. The van der Waals surface area contributed by atoms with Gasteiger partial charge in [0, 0.05) is 0 Å². The fourth-order valence-corrected chi connectivity index (χ4v) is 1.99. The van der Waals surface area contributed by atoms with E-state index >= 15 is 0 Å². The predicted octanol–water partition coefficient (Wildman–Crippen LogP) is 4.85. The monoisotopic (exact) mass is 318 g/mol. The Labute approximate surface area is 104 Å². The zero-order valence-electron chi connectivity index (χ0n) is 10.2. The van der Waals surface area contributed by atoms with Gasteiger partial charge in [-0.15, -0.1) is 0 Å². The van der Waals surface area contributed by atoms with Crippen LogP contribution in [0.1, 0.15) is 20.8 Å². The van der Waals surface area contributed by atoms with Crippen LogP contribution < -0.4 is 0 Å². The van der Waals surface area contributed by atoms with Crippen molar-refractivity contribution in [3.63, 3.8) is 0 Å². The zero-order valence-corrected chi connectivity index (χ0v) is 12.8. The average Bonchev–Trinajstić information content (AvgIpc) is 2.00. The molecule has 0 amide bonds. The molecule has 0 heterocycles. The first-order valence-electron chi connectivity index (χ1n) is 4.92. The molecule has 0 radical (unpaired) electrons. The van der Waals surface area contributed by atoms with E-state index in [4.69, 9.17) is 4.43 Å². The topological polar surface area (TPSA) is 9.23 Å². The molecule has 0 unspecified atom stereocenters. The van der Waals surface area contributed by atoms with Crippen LogP contribution >= 0.6 is 15.9 Å². The van der Waals surface area contributed by atoms with E-state index in [9.17, 15) is 13.2 Å². The summed E-state index contributed by atoms with van der Waals surface area (Å²) in [4.78, 5) is 0.889. The van der Waals surface area contributed by atoms with Crippen LogP contribution in [0, 0.1) is 0 Å². The summed E-state index contributed by atoms with van der Waals surface area (Å²) >= 11 is 2.72. The van der Waals surface area contributed by atoms with Crippen LogP contribution in [0.5, 0.6) is 0 Å². The van der Waals surface area contributed by atoms with Crippen molar-refractivity contribution >= 4 is 24.2 Å². The largest absolute Gasteiger partial charge is 0.415 e. The molecular formula is C10H18BrF3OSi. The summed E-state index contributed by atoms with van der Waals surface area (Å²) < 4.78 is 42.8. The molecule has 0 bridgehead atoms. The molecule has 0 spiro atoms. The van der Waals surface area contributed by atoms with Crippen LogP contribution in [0.2, 0.25) is 18.1 Å². The van der Waals surface area contributed by atoms with Crippen LogP contribution in [0.15, 0.2) is 10.6 Å². The highest BCUT2D eigenvalue weighted by Crippen LogP contribution is 2.37. The molecule has 0 atom stereocenters. The second-order valence-electron chi connectivity index (χ2n) is 5.18. The third-order valence-corrected chi connectivity index (χ3v) is 7.92. The Kier molecular flexibility index (Phi) is 5.29. The maximum Gasteiger partial charge on any atom is 0.415 e. The van der Waals surface area contributed by atoms with Crippen molar-refractivity contribution in [1.82, 2.24) is 0 Å². The van der Waals surface area contributed by atoms with E-state index in [-0.39, 0.29) is 11.6 Å². The van der Waals surface area contributed by atoms with Crippen LogP contribution in [-0.4, -0.2) is 21.1 Å². The van der Waals surface area contributed by atoms with Crippen molar-refractivity contribution in [3.05, 3.63) is 10.6 Å². The normalized spacial score (nSPS) is 15.4. The molecule has 0 aromatic carbocycles. The van der Waals surface area contributed by atoms with E-state index < -0.39 is 20.1 Å². The first-order chi connectivity index (χ1) is 6.92. The van der Waals surface area contributed by atoms with Crippen molar-refractivity contribution in [1.29, 1.82) is 0 Å². The molecule has 0 fully saturated rings. The summed E-state index contributed by atoms with van der Waals surface area (Å²) in [5, 5.41) is -0.0873. The number of alkyl halides is 3. The molecule has 0 aromatic heterocycles. The lowest BCUT2D eigenvalue weighted by molar-refractivity contribution is -0.0967. The molecule has 0 rings (SSSR count). The molecule has 0 aromatic rings. The predicted molar refractivity (Wildman–Crippen MR) is 66.2 cm³/mol. The van der Waals surface area contributed by atoms with Crippen LogP contribution in [0.25, 0.3) is 0 Å². The van der Waals surface area contributed by atoms with E-state index in [1.165, 1.54) is 0 Å². The molecule has 0 aliphatic rings. The summed E-state index contributed by atoms with van der Waals surface area (Å²) in [5.74, 6) is 0. The number of halogens is 4. The lowest BCUT2D eigenvalue weighted by Gasteiger charge is -2.36. The minimum Gasteiger partial charge on any atom is -0.413 e. The average molecular weight is 319 g/mol. The Morgan fingerprint density at radius 1 is 1.25 bits per heavy atom. The molecule has 6 heteroatoms. The van der Waals surface area contributed by atoms with Crippen molar-refractivity contribution in [2.24, 2.45) is 0 Å². The van der Waals surface area contributed by atoms with E-state index in [0.29, 0.717) is 0 Å². The summed E-state index contributed by atoms with van der Waals surface area (Å²) in [6.07, 6.45) is -4.33. The first kappa shape index (κ1) is 16.2. The Hall–Kier alpha value is 0.187. The van der Waals surface area contributed by atoms with Crippen molar-refractivity contribution in [3.8, 4) is 0 Å². The minimum atomic E-state index is -4.33. The zero-order chi connectivity index (χ0) is 13.2. The molecule has 1 nitrogen and oxygen atoms in total. The lowest BCUT2D eigenvalue weighted by atomic mass is 10.2. The van der Waals surface area contributed by atoms with Crippen LogP contribution in [0.4, 0.5) is 13.2 Å². The smallest absolute Gasteiger partial charge is 0.413 e. The van der Waals surface area contributed by atoms with Gasteiger partial charge in [-0.3, -0.25) is 0 Å². The fourth-order valence-electron chi connectivity index (χ4n) is 0.650. The Morgan fingerprint density at radius 2 is 1.69 bits per heavy atom. The van der Waals surface area contributed by atoms with E-state index in [1.807, 2.05) is 33.9 Å². The quantitative estimate of drug-likeness (QED) is 0.676. The van der Waals surface area contributed by atoms with E-state index in [1.54, 1.807) is 0 Å². The lowest BCUT2D eigenvalue weighted by Crippen LogP contribution is -2.41. The summed E-state index contributed by atoms with van der Waals surface area (Å²) in [5.41, 5.74) is -0.683. The standard InChI is InChI=1S/C10H18BrF3OSi/c1-9(2,3)16(4,5)15-7-8(6-11)10(12,13)14/h6H,7H2,1-5H3/b8-6+. The van der Waals surface area contributed by atoms with Gasteiger partial charge < -0.3 is 4.43 Å². The number of hydrogen-bond acceptors (Lipinski definition) is 1. The number of hydrogen-bond donors (Lipinski definition) is 0. The minimum absolute atomic E-state index is 0.0873. The number of rotatable bonds is 3. The molecular weight excluding hydrogens is 301 g/mol. The molecule has 0 aliphatic carbocycles. The van der Waals surface area contributed by atoms with Gasteiger partial charge in [0.2, 0.25) is 0 Å². The molecule has 16 heavy (non-hydrogen) atoms. The molecule has 0 saturated heterocycles. The maximum atomic E-state index is 12.4. The van der Waals surface area contributed by atoms with Crippen molar-refractivity contribution < 1.29 is 17.6 Å². The summed E-state index contributed by atoms with van der Waals surface area (Å²) in [6.45, 7) is 9.44.